The number of hydrogen-bond donors (Lipinski definition) is 0. The molecule has 0 N–H and O–H groups in total. The molecule has 2 aliphatic heterocycles. The van der Waals surface area contributed by atoms with E-state index in [2.05, 4.69) is 127 Å². The molecule has 12 rings (SSSR count). The van der Waals surface area contributed by atoms with Crippen molar-refractivity contribution in [2.24, 2.45) is 0 Å². The third kappa shape index (κ3) is 6.91. The molecular formula is C59H46BN5OPt. The second kappa shape index (κ2) is 16.1. The molecule has 2 aliphatic rings. The van der Waals surface area contributed by atoms with Crippen LogP contribution in [0.4, 0.5) is 22.9 Å². The van der Waals surface area contributed by atoms with Gasteiger partial charge in [-0.3, -0.25) is 0 Å². The number of nitrogens with zero attached hydrogens (tertiary/aromatic N) is 5. The summed E-state index contributed by atoms with van der Waals surface area (Å²) in [6, 6.07) is 55.4. The maximum atomic E-state index is 9.24. The summed E-state index contributed by atoms with van der Waals surface area (Å²) in [5.74, 6) is 1.64. The summed E-state index contributed by atoms with van der Waals surface area (Å²) in [6.45, 7) is 3.54. The van der Waals surface area contributed by atoms with Gasteiger partial charge < -0.3 is 0 Å². The first-order valence-electron chi connectivity index (χ1n) is 26.2. The van der Waals surface area contributed by atoms with Crippen LogP contribution < -0.4 is 19.8 Å². The predicted octanol–water partition coefficient (Wildman–Crippen LogP) is 14.3. The summed E-state index contributed by atoms with van der Waals surface area (Å²) in [6.07, 6.45) is 0. The third-order valence-electron chi connectivity index (χ3n) is 12.7. The van der Waals surface area contributed by atoms with Gasteiger partial charge in [0, 0.05) is 11.3 Å². The van der Waals surface area contributed by atoms with Crippen molar-refractivity contribution in [1.29, 1.82) is 0 Å². The molecule has 0 unspecified atom stereocenters. The molecule has 4 heterocycles. The molecule has 0 radical (unpaired) electrons. The Morgan fingerprint density at radius 1 is 0.582 bits per heavy atom. The molecule has 10 aromatic rings. The summed E-state index contributed by atoms with van der Waals surface area (Å²) in [5.41, 5.74) is 11.6. The molecular weight excluding hydrogens is 1000 g/mol. The van der Waals surface area contributed by atoms with Crippen molar-refractivity contribution in [3.8, 4) is 56.4 Å². The van der Waals surface area contributed by atoms with Crippen molar-refractivity contribution in [2.75, 3.05) is 9.62 Å². The fraction of sp³-hybridized carbons (Fsp3) is 0.0847. The van der Waals surface area contributed by atoms with E-state index in [1.807, 2.05) is 95.6 Å². The van der Waals surface area contributed by atoms with E-state index >= 15 is 0 Å². The molecule has 8 heteroatoms. The van der Waals surface area contributed by atoms with E-state index in [9.17, 15) is 2.74 Å². The minimum atomic E-state index is -2.62. The molecule has 0 saturated heterocycles. The zero-order valence-electron chi connectivity index (χ0n) is 44.8. The van der Waals surface area contributed by atoms with Gasteiger partial charge in [-0.1, -0.05) is 54.6 Å². The van der Waals surface area contributed by atoms with Gasteiger partial charge in [0.05, 0.1) is 0 Å². The second-order valence-electron chi connectivity index (χ2n) is 17.8. The zero-order chi connectivity index (χ0) is 52.2. The van der Waals surface area contributed by atoms with E-state index in [1.165, 1.54) is 22.7 Å². The SMILES string of the molecule is [2H]c1c([2H])c([2H])c(-c2cc(C([2H])([2H])[2H])cc(-c3ccc(C(C)(C)C)cc3)c2-n2[c](=[Pt])n(-c3cccc(Oc4cccc(N5B6c7ccccc7-c7ccccc7N6c6ccccc65)n4)c3)c3ccccc32)c([2H])c1[2H]. The summed E-state index contributed by atoms with van der Waals surface area (Å²) < 4.78 is 81.9. The Morgan fingerprint density at radius 2 is 1.22 bits per heavy atom. The van der Waals surface area contributed by atoms with Crippen LogP contribution in [-0.2, 0) is 24.8 Å². The van der Waals surface area contributed by atoms with E-state index in [4.69, 9.17) is 17.9 Å². The summed E-state index contributed by atoms with van der Waals surface area (Å²) in [5, 5.41) is 0. The molecule has 0 spiro atoms. The van der Waals surface area contributed by atoms with Gasteiger partial charge in [-0.2, -0.15) is 0 Å². The van der Waals surface area contributed by atoms with Gasteiger partial charge in [0.2, 0.25) is 0 Å². The van der Waals surface area contributed by atoms with Gasteiger partial charge in [0.25, 0.3) is 0 Å². The molecule has 0 bridgehead atoms. The Balaban J connectivity index is 1.01. The molecule has 0 atom stereocenters. The van der Waals surface area contributed by atoms with Crippen LogP contribution in [-0.4, -0.2) is 21.1 Å². The van der Waals surface area contributed by atoms with E-state index in [-0.39, 0.29) is 29.1 Å². The normalized spacial score (nSPS) is 14.7. The number of aromatic nitrogens is 3. The van der Waals surface area contributed by atoms with E-state index < -0.39 is 37.1 Å². The van der Waals surface area contributed by atoms with Gasteiger partial charge >= 0.3 is 332 Å². The van der Waals surface area contributed by atoms with Crippen molar-refractivity contribution in [1.82, 2.24) is 14.1 Å². The predicted molar refractivity (Wildman–Crippen MR) is 272 cm³/mol. The fourth-order valence-corrected chi connectivity index (χ4v) is 10.8. The molecule has 67 heavy (non-hydrogen) atoms. The summed E-state index contributed by atoms with van der Waals surface area (Å²) in [4.78, 5) is 9.86. The Hall–Kier alpha value is -7.47. The van der Waals surface area contributed by atoms with E-state index in [0.29, 0.717) is 38.1 Å². The van der Waals surface area contributed by atoms with Crippen molar-refractivity contribution in [3.05, 3.63) is 221 Å². The number of aryl methyl sites for hydroxylation is 1. The number of para-hydroxylation sites is 5. The molecule has 0 fully saturated rings. The van der Waals surface area contributed by atoms with Crippen LogP contribution in [0.15, 0.2) is 206 Å². The minimum absolute atomic E-state index is 0.0369. The fourth-order valence-electron chi connectivity index (χ4n) is 9.71. The van der Waals surface area contributed by atoms with Crippen LogP contribution >= 0.6 is 0 Å². The standard InChI is InChI=1S/C59H46BN5O.Pt/c1-40-36-48(41-18-6-5-7-19-41)58(49(37-40)42-32-34-43(35-33-42)59(2,3)4)63-39-62(52-26-12-13-27-53(52)63)44-20-16-21-45(38-44)66-57-31-17-30-56(61-57)65-55-29-15-14-28-54(55)64-51-25-11-9-23-47(51)46-22-8-10-24-50(46)60(64)65;/h5-38H,1-4H3;/i1D3,5D,6D,7D,18D,19D;. The maximum absolute atomic E-state index is 9.24. The molecule has 0 saturated carbocycles. The average molecular weight is 1050 g/mol. The van der Waals surface area contributed by atoms with Crippen LogP contribution in [0, 0.1) is 10.7 Å². The van der Waals surface area contributed by atoms with Crippen LogP contribution in [0.3, 0.4) is 0 Å². The monoisotopic (exact) mass is 1050 g/mol. The Morgan fingerprint density at radius 3 is 1.97 bits per heavy atom. The van der Waals surface area contributed by atoms with Gasteiger partial charge in [-0.05, 0) is 17.7 Å². The molecule has 8 aromatic carbocycles. The quantitative estimate of drug-likeness (QED) is 0.149. The number of ether oxygens (including phenoxy) is 1. The zero-order valence-corrected chi connectivity index (χ0v) is 39.1. The number of anilines is 4. The molecule has 0 aliphatic carbocycles. The van der Waals surface area contributed by atoms with Crippen LogP contribution in [0.1, 0.15) is 42.9 Å². The first-order valence-corrected chi connectivity index (χ1v) is 23.3. The Bertz CT molecular complexity index is 4010. The molecule has 6 nitrogen and oxygen atoms in total. The van der Waals surface area contributed by atoms with Crippen LogP contribution in [0.2, 0.25) is 0 Å². The first kappa shape index (κ1) is 33.1. The molecule has 2 aromatic heterocycles. The van der Waals surface area contributed by atoms with Crippen LogP contribution in [0.5, 0.6) is 11.6 Å². The molecule has 326 valence electrons. The second-order valence-corrected chi connectivity index (χ2v) is 18.8. The number of hydrogen-bond acceptors (Lipinski definition) is 4. The van der Waals surface area contributed by atoms with Gasteiger partial charge in [0.1, 0.15) is 0 Å². The van der Waals surface area contributed by atoms with Gasteiger partial charge in [-0.25, -0.2) is 0 Å². The third-order valence-corrected chi connectivity index (χ3v) is 13.7. The van der Waals surface area contributed by atoms with Crippen LogP contribution in [0.25, 0.3) is 55.8 Å². The number of rotatable bonds is 7. The number of fused-ring (bicyclic) bond motifs is 9. The number of pyridine rings is 1. The topological polar surface area (TPSA) is 38.5 Å². The van der Waals surface area contributed by atoms with Crippen molar-refractivity contribution >= 4 is 46.4 Å². The first-order chi connectivity index (χ1) is 36.0. The number of imidazole rings is 1. The average Bonchev–Trinajstić information content (AvgIpc) is 3.98. The van der Waals surface area contributed by atoms with E-state index in [0.717, 1.165) is 39.3 Å². The number of benzene rings is 8. The van der Waals surface area contributed by atoms with Gasteiger partial charge in [-0.15, -0.1) is 0 Å². The van der Waals surface area contributed by atoms with Crippen molar-refractivity contribution in [2.45, 2.75) is 33.0 Å². The Labute approximate surface area is 413 Å². The Kier molecular flexibility index (Phi) is 7.97. The van der Waals surface area contributed by atoms with Crippen molar-refractivity contribution < 1.29 is 35.1 Å². The van der Waals surface area contributed by atoms with Crippen molar-refractivity contribution in [3.63, 3.8) is 0 Å². The van der Waals surface area contributed by atoms with Gasteiger partial charge in [0.15, 0.2) is 0 Å². The van der Waals surface area contributed by atoms with E-state index in [1.54, 1.807) is 6.07 Å². The summed E-state index contributed by atoms with van der Waals surface area (Å²) >= 11 is 2.26. The molecule has 0 amide bonds. The summed E-state index contributed by atoms with van der Waals surface area (Å²) in [7, 11) is 0.